The average molecular weight is 256 g/mol. The first-order valence-electron chi connectivity index (χ1n) is 6.52. The molecule has 0 radical (unpaired) electrons. The van der Waals surface area contributed by atoms with Crippen molar-refractivity contribution in [2.45, 2.75) is 33.6 Å². The van der Waals surface area contributed by atoms with Crippen LogP contribution >= 0.6 is 0 Å². The minimum Gasteiger partial charge on any atom is -0.395 e. The molecule has 4 heteroatoms. The van der Waals surface area contributed by atoms with Crippen LogP contribution in [0.5, 0.6) is 0 Å². The van der Waals surface area contributed by atoms with Gasteiger partial charge in [-0.1, -0.05) is 26.7 Å². The molecule has 0 amide bonds. The summed E-state index contributed by atoms with van der Waals surface area (Å²) in [6.45, 7) is 7.67. The lowest BCUT2D eigenvalue weighted by atomic mass is 10.0. The van der Waals surface area contributed by atoms with Crippen molar-refractivity contribution < 1.29 is 8.78 Å². The predicted molar refractivity (Wildman–Crippen MR) is 72.7 cm³/mol. The third-order valence-corrected chi connectivity index (χ3v) is 3.43. The van der Waals surface area contributed by atoms with Crippen LogP contribution in [0.2, 0.25) is 0 Å². The van der Waals surface area contributed by atoms with Gasteiger partial charge in [0, 0.05) is 19.2 Å². The standard InChI is InChI=1S/C14H22F2N2/c1-4-10(5-2)9-18(6-3)13-8-11(15)7-12(16)14(13)17/h7-8,10H,4-6,9,17H2,1-3H3. The Kier molecular flexibility index (Phi) is 5.38. The Bertz CT molecular complexity index is 390. The first-order chi connectivity index (χ1) is 8.53. The van der Waals surface area contributed by atoms with Crippen LogP contribution in [0.4, 0.5) is 20.2 Å². The van der Waals surface area contributed by atoms with E-state index in [1.54, 1.807) is 0 Å². The minimum absolute atomic E-state index is 0.0317. The van der Waals surface area contributed by atoms with Gasteiger partial charge in [0.1, 0.15) is 5.82 Å². The van der Waals surface area contributed by atoms with Gasteiger partial charge in [-0.15, -0.1) is 0 Å². The number of nitrogens with zero attached hydrogens (tertiary/aromatic N) is 1. The van der Waals surface area contributed by atoms with Gasteiger partial charge in [0.2, 0.25) is 0 Å². The van der Waals surface area contributed by atoms with Gasteiger partial charge in [0.25, 0.3) is 0 Å². The Morgan fingerprint density at radius 3 is 2.28 bits per heavy atom. The molecule has 0 aliphatic heterocycles. The Labute approximate surface area is 108 Å². The predicted octanol–water partition coefficient (Wildman–Crippen LogP) is 3.81. The second-order valence-corrected chi connectivity index (χ2v) is 4.54. The summed E-state index contributed by atoms with van der Waals surface area (Å²) < 4.78 is 26.7. The first kappa shape index (κ1) is 14.7. The van der Waals surface area contributed by atoms with Gasteiger partial charge in [0.05, 0.1) is 11.4 Å². The van der Waals surface area contributed by atoms with Crippen LogP contribution in [0.15, 0.2) is 12.1 Å². The van der Waals surface area contributed by atoms with Gasteiger partial charge in [-0.25, -0.2) is 8.78 Å². The number of nitrogens with two attached hydrogens (primary N) is 1. The molecule has 0 saturated heterocycles. The Morgan fingerprint density at radius 1 is 1.17 bits per heavy atom. The van der Waals surface area contributed by atoms with Crippen molar-refractivity contribution in [3.63, 3.8) is 0 Å². The highest BCUT2D eigenvalue weighted by molar-refractivity contribution is 5.68. The van der Waals surface area contributed by atoms with Crippen molar-refractivity contribution in [2.75, 3.05) is 23.7 Å². The molecular weight excluding hydrogens is 234 g/mol. The van der Waals surface area contributed by atoms with E-state index >= 15 is 0 Å². The zero-order chi connectivity index (χ0) is 13.7. The fraction of sp³-hybridized carbons (Fsp3) is 0.571. The zero-order valence-corrected chi connectivity index (χ0v) is 11.3. The van der Waals surface area contributed by atoms with Crippen molar-refractivity contribution >= 4 is 11.4 Å². The van der Waals surface area contributed by atoms with Crippen molar-refractivity contribution in [1.82, 2.24) is 0 Å². The van der Waals surface area contributed by atoms with Crippen LogP contribution in [0, 0.1) is 17.6 Å². The fourth-order valence-corrected chi connectivity index (χ4v) is 2.09. The second kappa shape index (κ2) is 6.57. The molecule has 0 aliphatic rings. The molecule has 0 saturated carbocycles. The minimum atomic E-state index is -0.687. The molecule has 0 bridgehead atoms. The molecule has 1 aromatic rings. The summed E-state index contributed by atoms with van der Waals surface area (Å²) in [6, 6.07) is 2.13. The van der Waals surface area contributed by atoms with E-state index in [4.69, 9.17) is 5.73 Å². The summed E-state index contributed by atoms with van der Waals surface area (Å²) >= 11 is 0. The SMILES string of the molecule is CCC(CC)CN(CC)c1cc(F)cc(F)c1N. The fourth-order valence-electron chi connectivity index (χ4n) is 2.09. The first-order valence-corrected chi connectivity index (χ1v) is 6.52. The number of nitrogen functional groups attached to an aromatic ring is 1. The van der Waals surface area contributed by atoms with E-state index < -0.39 is 11.6 Å². The molecule has 102 valence electrons. The van der Waals surface area contributed by atoms with E-state index in [9.17, 15) is 8.78 Å². The van der Waals surface area contributed by atoms with Crippen molar-refractivity contribution in [1.29, 1.82) is 0 Å². The highest BCUT2D eigenvalue weighted by Crippen LogP contribution is 2.28. The van der Waals surface area contributed by atoms with Crippen LogP contribution in [0.1, 0.15) is 33.6 Å². The highest BCUT2D eigenvalue weighted by atomic mass is 19.1. The molecular formula is C14H22F2N2. The van der Waals surface area contributed by atoms with Gasteiger partial charge in [-0.05, 0) is 18.9 Å². The molecule has 18 heavy (non-hydrogen) atoms. The van der Waals surface area contributed by atoms with Crippen LogP contribution in [0.3, 0.4) is 0 Å². The zero-order valence-electron chi connectivity index (χ0n) is 11.3. The van der Waals surface area contributed by atoms with E-state index in [1.807, 2.05) is 11.8 Å². The quantitative estimate of drug-likeness (QED) is 0.784. The smallest absolute Gasteiger partial charge is 0.151 e. The van der Waals surface area contributed by atoms with Crippen molar-refractivity contribution in [3.05, 3.63) is 23.8 Å². The topological polar surface area (TPSA) is 29.3 Å². The largest absolute Gasteiger partial charge is 0.395 e. The monoisotopic (exact) mass is 256 g/mol. The van der Waals surface area contributed by atoms with Gasteiger partial charge in [-0.2, -0.15) is 0 Å². The van der Waals surface area contributed by atoms with Crippen LogP contribution in [-0.4, -0.2) is 13.1 Å². The average Bonchev–Trinajstić information content (AvgIpc) is 2.36. The number of benzene rings is 1. The molecule has 0 fully saturated rings. The molecule has 0 unspecified atom stereocenters. The Morgan fingerprint density at radius 2 is 1.78 bits per heavy atom. The van der Waals surface area contributed by atoms with Gasteiger partial charge < -0.3 is 10.6 Å². The second-order valence-electron chi connectivity index (χ2n) is 4.54. The normalized spacial score (nSPS) is 11.0. The molecule has 0 atom stereocenters. The summed E-state index contributed by atoms with van der Waals surface area (Å²) in [6.07, 6.45) is 2.09. The number of hydrogen-bond donors (Lipinski definition) is 1. The van der Waals surface area contributed by atoms with Gasteiger partial charge in [0.15, 0.2) is 5.82 Å². The highest BCUT2D eigenvalue weighted by Gasteiger charge is 2.16. The van der Waals surface area contributed by atoms with Gasteiger partial charge in [-0.3, -0.25) is 0 Å². The van der Waals surface area contributed by atoms with E-state index in [0.717, 1.165) is 25.5 Å². The molecule has 1 rings (SSSR count). The van der Waals surface area contributed by atoms with Crippen LogP contribution in [0.25, 0.3) is 0 Å². The Hall–Kier alpha value is -1.32. The molecule has 0 heterocycles. The third kappa shape index (κ3) is 3.34. The summed E-state index contributed by atoms with van der Waals surface area (Å²) in [7, 11) is 0. The number of rotatable bonds is 6. The maximum absolute atomic E-state index is 13.4. The maximum Gasteiger partial charge on any atom is 0.151 e. The summed E-state index contributed by atoms with van der Waals surface area (Å²) in [5, 5.41) is 0. The molecule has 2 nitrogen and oxygen atoms in total. The van der Waals surface area contributed by atoms with E-state index in [2.05, 4.69) is 13.8 Å². The molecule has 0 spiro atoms. The molecule has 0 aromatic heterocycles. The maximum atomic E-state index is 13.4. The summed E-state index contributed by atoms with van der Waals surface area (Å²) in [5.41, 5.74) is 6.20. The van der Waals surface area contributed by atoms with Crippen LogP contribution in [-0.2, 0) is 0 Å². The van der Waals surface area contributed by atoms with E-state index in [0.29, 0.717) is 18.2 Å². The lowest BCUT2D eigenvalue weighted by Crippen LogP contribution is -2.30. The summed E-state index contributed by atoms with van der Waals surface area (Å²) in [5.74, 6) is -0.761. The molecule has 2 N–H and O–H groups in total. The third-order valence-electron chi connectivity index (χ3n) is 3.43. The lowest BCUT2D eigenvalue weighted by Gasteiger charge is -2.28. The molecule has 0 aliphatic carbocycles. The number of hydrogen-bond acceptors (Lipinski definition) is 2. The van der Waals surface area contributed by atoms with Crippen LogP contribution < -0.4 is 10.6 Å². The number of halogens is 2. The summed E-state index contributed by atoms with van der Waals surface area (Å²) in [4.78, 5) is 1.94. The van der Waals surface area contributed by atoms with Crippen molar-refractivity contribution in [2.24, 2.45) is 5.92 Å². The van der Waals surface area contributed by atoms with E-state index in [-0.39, 0.29) is 5.69 Å². The Balaban J connectivity index is 3.01. The van der Waals surface area contributed by atoms with Crippen molar-refractivity contribution in [3.8, 4) is 0 Å². The van der Waals surface area contributed by atoms with Gasteiger partial charge >= 0.3 is 0 Å². The lowest BCUT2D eigenvalue weighted by molar-refractivity contribution is 0.485. The van der Waals surface area contributed by atoms with E-state index in [1.165, 1.54) is 6.07 Å². The molecule has 1 aromatic carbocycles. The number of anilines is 2.